The number of sulfone groups is 1. The summed E-state index contributed by atoms with van der Waals surface area (Å²) in [7, 11) is -3.26. The van der Waals surface area contributed by atoms with Gasteiger partial charge in [-0.25, -0.2) is 17.6 Å². The second-order valence-corrected chi connectivity index (χ2v) is 14.6. The zero-order valence-corrected chi connectivity index (χ0v) is 26.7. The fraction of sp³-hybridized carbons (Fsp3) is 0.406. The number of hydrogen-bond acceptors (Lipinski definition) is 6. The molecule has 4 N–H and O–H groups in total. The first-order valence-electron chi connectivity index (χ1n) is 14.8. The summed E-state index contributed by atoms with van der Waals surface area (Å²) in [5.74, 6) is 0.561. The van der Waals surface area contributed by atoms with Crippen LogP contribution in [0.5, 0.6) is 0 Å². The first-order valence-corrected chi connectivity index (χ1v) is 17.0. The van der Waals surface area contributed by atoms with Crippen molar-refractivity contribution >= 4 is 38.3 Å². The molecule has 1 saturated heterocycles. The third kappa shape index (κ3) is 7.57. The summed E-state index contributed by atoms with van der Waals surface area (Å²) in [5.41, 5.74) is 8.58. The van der Waals surface area contributed by atoms with Gasteiger partial charge in [0, 0.05) is 35.8 Å². The molecule has 12 heteroatoms. The molecule has 1 aliphatic heterocycles. The number of amidine groups is 1. The van der Waals surface area contributed by atoms with Gasteiger partial charge in [0.15, 0.2) is 15.7 Å². The quantitative estimate of drug-likeness (QED) is 0.158. The molecular formula is C32H38ClFN6O3S. The summed E-state index contributed by atoms with van der Waals surface area (Å²) in [6, 6.07) is 11.8. The molecule has 234 valence electrons. The maximum absolute atomic E-state index is 15.1. The standard InChI is InChI=1S/C32H38ClFN6O3S/c1-19(2)5-4-6-21-13-26(30(34)27(33)14-21)28-15-23-16-40(32(41)39-31(23)38-28)25-9-7-22(8-10-25)29-18-44(42,43)17-24(37-29)11-12-36-20(3)35/h7-10,13-16,19,24,29,37H,4-6,11-12,17-18H2,1-3H3,(H2,35,36)(H,38,39,41)/t24-,29+/m1/s1. The first kappa shape index (κ1) is 31.9. The fourth-order valence-electron chi connectivity index (χ4n) is 5.66. The average Bonchev–Trinajstić information content (AvgIpc) is 3.36. The van der Waals surface area contributed by atoms with Gasteiger partial charge in [0.1, 0.15) is 5.65 Å². The number of benzene rings is 2. The molecule has 2 aromatic carbocycles. The molecule has 4 aromatic rings. The van der Waals surface area contributed by atoms with E-state index in [-0.39, 0.29) is 28.6 Å². The van der Waals surface area contributed by atoms with Crippen molar-refractivity contribution < 1.29 is 12.8 Å². The van der Waals surface area contributed by atoms with Gasteiger partial charge in [-0.15, -0.1) is 0 Å². The van der Waals surface area contributed by atoms with Crippen molar-refractivity contribution in [3.05, 3.63) is 81.1 Å². The van der Waals surface area contributed by atoms with Gasteiger partial charge in [-0.05, 0) is 73.6 Å². The number of aromatic nitrogens is 3. The monoisotopic (exact) mass is 640 g/mol. The minimum atomic E-state index is -3.26. The van der Waals surface area contributed by atoms with E-state index in [1.165, 1.54) is 4.57 Å². The van der Waals surface area contributed by atoms with Crippen molar-refractivity contribution in [3.8, 4) is 16.9 Å². The molecule has 9 nitrogen and oxygen atoms in total. The molecule has 0 unspecified atom stereocenters. The number of nitrogens with one attached hydrogen (secondary N) is 2. The summed E-state index contributed by atoms with van der Waals surface area (Å²) in [5, 5.41) is 4.11. The molecule has 0 aliphatic carbocycles. The van der Waals surface area contributed by atoms with Gasteiger partial charge in [0.05, 0.1) is 33.7 Å². The Bertz CT molecular complexity index is 1850. The second-order valence-electron chi connectivity index (χ2n) is 12.0. The van der Waals surface area contributed by atoms with Crippen LogP contribution in [0.15, 0.2) is 58.4 Å². The van der Waals surface area contributed by atoms with Crippen LogP contribution in [0.2, 0.25) is 5.02 Å². The molecule has 2 aromatic heterocycles. The number of rotatable bonds is 10. The van der Waals surface area contributed by atoms with Crippen LogP contribution in [0.25, 0.3) is 28.0 Å². The Morgan fingerprint density at radius 3 is 2.66 bits per heavy atom. The predicted molar refractivity (Wildman–Crippen MR) is 175 cm³/mol. The Kier molecular flexibility index (Phi) is 9.57. The number of H-pyrrole nitrogens is 1. The molecule has 2 atom stereocenters. The molecule has 3 heterocycles. The molecule has 0 saturated carbocycles. The topological polar surface area (TPSA) is 135 Å². The third-order valence-electron chi connectivity index (χ3n) is 7.86. The molecule has 0 amide bonds. The largest absolute Gasteiger partial charge is 0.388 e. The highest BCUT2D eigenvalue weighted by molar-refractivity contribution is 7.91. The van der Waals surface area contributed by atoms with E-state index in [4.69, 9.17) is 17.3 Å². The van der Waals surface area contributed by atoms with E-state index in [2.05, 4.69) is 34.1 Å². The summed E-state index contributed by atoms with van der Waals surface area (Å²) in [6.45, 7) is 6.49. The van der Waals surface area contributed by atoms with Gasteiger partial charge in [-0.2, -0.15) is 4.98 Å². The SMILES string of the molecule is CC(N)=NCC[C@@H]1CS(=O)(=O)C[C@@H](c2ccc(-n3cc4cc(-c5cc(CCCC(C)C)cc(Cl)c5F)[nH]c4nc3=O)cc2)N1. The normalized spacial score (nSPS) is 18.7. The molecule has 0 bridgehead atoms. The van der Waals surface area contributed by atoms with E-state index < -0.39 is 21.3 Å². The fourth-order valence-corrected chi connectivity index (χ4v) is 7.71. The Morgan fingerprint density at radius 1 is 1.20 bits per heavy atom. The zero-order valence-electron chi connectivity index (χ0n) is 25.1. The van der Waals surface area contributed by atoms with Gasteiger partial charge < -0.3 is 16.0 Å². The number of aromatic amines is 1. The van der Waals surface area contributed by atoms with Gasteiger partial charge >= 0.3 is 5.69 Å². The lowest BCUT2D eigenvalue weighted by atomic mass is 10.00. The summed E-state index contributed by atoms with van der Waals surface area (Å²) >= 11 is 6.26. The molecule has 44 heavy (non-hydrogen) atoms. The summed E-state index contributed by atoms with van der Waals surface area (Å²) in [6.07, 6.45) is 5.04. The van der Waals surface area contributed by atoms with Crippen LogP contribution in [0.3, 0.4) is 0 Å². The smallest absolute Gasteiger partial charge is 0.354 e. The van der Waals surface area contributed by atoms with E-state index in [9.17, 15) is 13.2 Å². The molecule has 0 spiro atoms. The Labute approximate surface area is 261 Å². The van der Waals surface area contributed by atoms with Crippen LogP contribution in [0.4, 0.5) is 4.39 Å². The predicted octanol–water partition coefficient (Wildman–Crippen LogP) is 5.35. The minimum absolute atomic E-state index is 0.0128. The maximum Gasteiger partial charge on any atom is 0.354 e. The van der Waals surface area contributed by atoms with Crippen molar-refractivity contribution in [2.24, 2.45) is 16.6 Å². The lowest BCUT2D eigenvalue weighted by Crippen LogP contribution is -2.47. The van der Waals surface area contributed by atoms with Crippen LogP contribution < -0.4 is 16.7 Å². The van der Waals surface area contributed by atoms with Crippen molar-refractivity contribution in [2.75, 3.05) is 18.1 Å². The molecule has 1 fully saturated rings. The summed E-state index contributed by atoms with van der Waals surface area (Å²) < 4.78 is 41.8. The van der Waals surface area contributed by atoms with E-state index in [1.807, 2.05) is 12.1 Å². The molecule has 0 radical (unpaired) electrons. The number of aryl methyl sites for hydroxylation is 1. The van der Waals surface area contributed by atoms with E-state index in [0.29, 0.717) is 52.7 Å². The first-order chi connectivity index (χ1) is 20.9. The number of fused-ring (bicyclic) bond motifs is 1. The van der Waals surface area contributed by atoms with Crippen molar-refractivity contribution in [2.45, 2.75) is 58.5 Å². The maximum atomic E-state index is 15.1. The van der Waals surface area contributed by atoms with Gasteiger partial charge in [-0.1, -0.05) is 44.0 Å². The van der Waals surface area contributed by atoms with Crippen LogP contribution in [0, 0.1) is 11.7 Å². The van der Waals surface area contributed by atoms with Gasteiger partial charge in [0.2, 0.25) is 0 Å². The van der Waals surface area contributed by atoms with E-state index >= 15 is 4.39 Å². The third-order valence-corrected chi connectivity index (χ3v) is 9.88. The minimum Gasteiger partial charge on any atom is -0.388 e. The van der Waals surface area contributed by atoms with Crippen LogP contribution in [0.1, 0.15) is 57.2 Å². The van der Waals surface area contributed by atoms with E-state index in [1.54, 1.807) is 43.5 Å². The lowest BCUT2D eigenvalue weighted by Gasteiger charge is -2.31. The van der Waals surface area contributed by atoms with Crippen LogP contribution >= 0.6 is 11.6 Å². The number of nitrogens with two attached hydrogens (primary N) is 1. The number of nitrogens with zero attached hydrogens (tertiary/aromatic N) is 3. The van der Waals surface area contributed by atoms with E-state index in [0.717, 1.165) is 30.4 Å². The Hall–Kier alpha value is -3.54. The Morgan fingerprint density at radius 2 is 1.95 bits per heavy atom. The highest BCUT2D eigenvalue weighted by atomic mass is 35.5. The van der Waals surface area contributed by atoms with Crippen molar-refractivity contribution in [1.82, 2.24) is 19.9 Å². The van der Waals surface area contributed by atoms with Crippen molar-refractivity contribution in [3.63, 3.8) is 0 Å². The number of hydrogen-bond donors (Lipinski definition) is 3. The molecular weight excluding hydrogens is 603 g/mol. The van der Waals surface area contributed by atoms with Crippen LogP contribution in [-0.4, -0.2) is 52.9 Å². The highest BCUT2D eigenvalue weighted by Crippen LogP contribution is 2.32. The van der Waals surface area contributed by atoms with Gasteiger partial charge in [0.25, 0.3) is 0 Å². The lowest BCUT2D eigenvalue weighted by molar-refractivity contribution is 0.433. The second kappa shape index (κ2) is 13.2. The molecule has 5 rings (SSSR count). The van der Waals surface area contributed by atoms with Crippen molar-refractivity contribution in [1.29, 1.82) is 0 Å². The number of halogens is 2. The zero-order chi connectivity index (χ0) is 31.6. The Balaban J connectivity index is 1.38. The highest BCUT2D eigenvalue weighted by Gasteiger charge is 2.31. The van der Waals surface area contributed by atoms with Gasteiger partial charge in [-0.3, -0.25) is 9.56 Å². The molecule has 1 aliphatic rings. The number of aliphatic imine (C=N–C) groups is 1. The average molecular weight is 641 g/mol. The van der Waals surface area contributed by atoms with Crippen LogP contribution in [-0.2, 0) is 16.3 Å². The summed E-state index contributed by atoms with van der Waals surface area (Å²) in [4.78, 5) is 24.5.